The number of aryl methyl sites for hydroxylation is 1. The van der Waals surface area contributed by atoms with Crippen molar-refractivity contribution in [2.45, 2.75) is 32.9 Å². The molecule has 3 heterocycles. The normalized spacial score (nSPS) is 28.5. The maximum absolute atomic E-state index is 4.42. The number of hydrogen-bond donors (Lipinski definition) is 1. The zero-order chi connectivity index (χ0) is 12.4. The molecule has 18 heavy (non-hydrogen) atoms. The van der Waals surface area contributed by atoms with E-state index in [0.29, 0.717) is 0 Å². The van der Waals surface area contributed by atoms with Crippen molar-refractivity contribution in [1.82, 2.24) is 20.0 Å². The molecule has 1 N–H and O–H groups in total. The zero-order valence-corrected chi connectivity index (χ0v) is 11.3. The van der Waals surface area contributed by atoms with E-state index in [1.165, 1.54) is 38.2 Å². The highest BCUT2D eigenvalue weighted by Crippen LogP contribution is 2.27. The Hall–Kier alpha value is -0.870. The van der Waals surface area contributed by atoms with Crippen LogP contribution in [-0.4, -0.2) is 40.9 Å². The molecule has 2 saturated heterocycles. The summed E-state index contributed by atoms with van der Waals surface area (Å²) in [7, 11) is 0. The van der Waals surface area contributed by atoms with E-state index in [1.54, 1.807) is 0 Å². The predicted molar refractivity (Wildman–Crippen MR) is 72.3 cm³/mol. The summed E-state index contributed by atoms with van der Waals surface area (Å²) < 4.78 is 2.07. The van der Waals surface area contributed by atoms with E-state index in [-0.39, 0.29) is 0 Å². The molecule has 0 amide bonds. The Morgan fingerprint density at radius 2 is 2.28 bits per heavy atom. The summed E-state index contributed by atoms with van der Waals surface area (Å²) in [5, 5.41) is 7.94. The molecule has 0 spiro atoms. The van der Waals surface area contributed by atoms with E-state index in [9.17, 15) is 0 Å². The predicted octanol–water partition coefficient (Wildman–Crippen LogP) is 1.33. The number of fused-ring (bicyclic) bond motifs is 1. The summed E-state index contributed by atoms with van der Waals surface area (Å²) in [6.07, 6.45) is 6.76. The van der Waals surface area contributed by atoms with E-state index >= 15 is 0 Å². The topological polar surface area (TPSA) is 33.1 Å². The summed E-state index contributed by atoms with van der Waals surface area (Å²) in [6, 6.07) is 0. The highest BCUT2D eigenvalue weighted by atomic mass is 15.3. The highest BCUT2D eigenvalue weighted by molar-refractivity contribution is 5.04. The average molecular weight is 248 g/mol. The molecule has 0 saturated carbocycles. The van der Waals surface area contributed by atoms with E-state index in [1.807, 2.05) is 6.20 Å². The van der Waals surface area contributed by atoms with Crippen molar-refractivity contribution in [3.8, 4) is 0 Å². The summed E-state index contributed by atoms with van der Waals surface area (Å²) in [6.45, 7) is 9.28. The monoisotopic (exact) mass is 248 g/mol. The fourth-order valence-corrected chi connectivity index (χ4v) is 3.35. The number of nitrogens with one attached hydrogen (secondary N) is 1. The van der Waals surface area contributed by atoms with Crippen molar-refractivity contribution in [1.29, 1.82) is 0 Å². The lowest BCUT2D eigenvalue weighted by atomic mass is 9.88. The Labute approximate surface area is 109 Å². The molecule has 100 valence electrons. The van der Waals surface area contributed by atoms with Crippen LogP contribution in [0.15, 0.2) is 12.4 Å². The van der Waals surface area contributed by atoms with E-state index in [2.05, 4.69) is 33.1 Å². The molecular weight excluding hydrogens is 224 g/mol. The van der Waals surface area contributed by atoms with Crippen molar-refractivity contribution >= 4 is 0 Å². The third kappa shape index (κ3) is 2.59. The minimum absolute atomic E-state index is 0.879. The van der Waals surface area contributed by atoms with Crippen LogP contribution >= 0.6 is 0 Å². The van der Waals surface area contributed by atoms with Gasteiger partial charge in [-0.1, -0.05) is 6.92 Å². The van der Waals surface area contributed by atoms with Crippen molar-refractivity contribution < 1.29 is 0 Å². The van der Waals surface area contributed by atoms with Crippen LogP contribution < -0.4 is 5.32 Å². The standard InChI is InChI=1S/C14H24N4/c1-2-4-18-10-12(6-16-18)9-17-5-3-13-7-15-8-14(13)11-17/h6,10,13-15H,2-5,7-9,11H2,1H3. The van der Waals surface area contributed by atoms with Gasteiger partial charge in [-0.15, -0.1) is 0 Å². The molecule has 0 radical (unpaired) electrons. The summed E-state index contributed by atoms with van der Waals surface area (Å²) in [4.78, 5) is 2.60. The first-order valence-corrected chi connectivity index (χ1v) is 7.29. The first-order valence-electron chi connectivity index (χ1n) is 7.29. The third-order valence-electron chi connectivity index (χ3n) is 4.33. The van der Waals surface area contributed by atoms with E-state index < -0.39 is 0 Å². The lowest BCUT2D eigenvalue weighted by molar-refractivity contribution is 0.142. The van der Waals surface area contributed by atoms with E-state index in [4.69, 9.17) is 0 Å². The molecule has 4 heteroatoms. The Morgan fingerprint density at radius 1 is 1.39 bits per heavy atom. The van der Waals surface area contributed by atoms with Gasteiger partial charge in [0.1, 0.15) is 0 Å². The lowest BCUT2D eigenvalue weighted by Crippen LogP contribution is -2.39. The highest BCUT2D eigenvalue weighted by Gasteiger charge is 2.32. The van der Waals surface area contributed by atoms with Crippen molar-refractivity contribution in [3.63, 3.8) is 0 Å². The molecule has 2 atom stereocenters. The molecular formula is C14H24N4. The fraction of sp³-hybridized carbons (Fsp3) is 0.786. The van der Waals surface area contributed by atoms with Crippen molar-refractivity contribution in [2.75, 3.05) is 26.2 Å². The maximum Gasteiger partial charge on any atom is 0.0534 e. The second kappa shape index (κ2) is 5.41. The Kier molecular flexibility index (Phi) is 3.66. The van der Waals surface area contributed by atoms with Crippen LogP contribution in [0.2, 0.25) is 0 Å². The Bertz CT molecular complexity index is 387. The van der Waals surface area contributed by atoms with Gasteiger partial charge in [-0.3, -0.25) is 9.58 Å². The van der Waals surface area contributed by atoms with Gasteiger partial charge < -0.3 is 5.32 Å². The third-order valence-corrected chi connectivity index (χ3v) is 4.33. The summed E-state index contributed by atoms with van der Waals surface area (Å²) >= 11 is 0. The van der Waals surface area contributed by atoms with Crippen LogP contribution in [0.1, 0.15) is 25.3 Å². The van der Waals surface area contributed by atoms with Gasteiger partial charge >= 0.3 is 0 Å². The SMILES string of the molecule is CCCn1cc(CN2CCC3CNCC3C2)cn1. The first-order chi connectivity index (χ1) is 8.85. The van der Waals surface area contributed by atoms with Gasteiger partial charge in [0, 0.05) is 31.4 Å². The molecule has 2 aliphatic heterocycles. The number of nitrogens with zero attached hydrogens (tertiary/aromatic N) is 3. The maximum atomic E-state index is 4.42. The van der Waals surface area contributed by atoms with E-state index in [0.717, 1.165) is 31.3 Å². The lowest BCUT2D eigenvalue weighted by Gasteiger charge is -2.34. The average Bonchev–Trinajstić information content (AvgIpc) is 2.98. The molecule has 2 unspecified atom stereocenters. The van der Waals surface area contributed by atoms with Crippen LogP contribution in [-0.2, 0) is 13.1 Å². The number of piperidine rings is 1. The fourth-order valence-electron chi connectivity index (χ4n) is 3.35. The molecule has 0 aliphatic carbocycles. The van der Waals surface area contributed by atoms with Gasteiger partial charge in [-0.05, 0) is 44.3 Å². The summed E-state index contributed by atoms with van der Waals surface area (Å²) in [5.74, 6) is 1.81. The quantitative estimate of drug-likeness (QED) is 0.873. The molecule has 2 fully saturated rings. The van der Waals surface area contributed by atoms with Gasteiger partial charge in [-0.2, -0.15) is 5.10 Å². The van der Waals surface area contributed by atoms with Crippen LogP contribution in [0.25, 0.3) is 0 Å². The molecule has 2 aliphatic rings. The molecule has 1 aromatic rings. The number of rotatable bonds is 4. The zero-order valence-electron chi connectivity index (χ0n) is 11.3. The number of hydrogen-bond acceptors (Lipinski definition) is 3. The number of aromatic nitrogens is 2. The summed E-state index contributed by atoms with van der Waals surface area (Å²) in [5.41, 5.74) is 1.37. The van der Waals surface area contributed by atoms with Gasteiger partial charge in [0.05, 0.1) is 6.20 Å². The Balaban J connectivity index is 1.55. The van der Waals surface area contributed by atoms with Gasteiger partial charge in [0.15, 0.2) is 0 Å². The van der Waals surface area contributed by atoms with Crippen LogP contribution in [0.4, 0.5) is 0 Å². The molecule has 3 rings (SSSR count). The van der Waals surface area contributed by atoms with Gasteiger partial charge in [0.25, 0.3) is 0 Å². The van der Waals surface area contributed by atoms with Crippen LogP contribution in [0.3, 0.4) is 0 Å². The first kappa shape index (κ1) is 12.2. The minimum atomic E-state index is 0.879. The molecule has 0 aromatic carbocycles. The second-order valence-corrected chi connectivity index (χ2v) is 5.81. The molecule has 0 bridgehead atoms. The molecule has 1 aromatic heterocycles. The molecule has 4 nitrogen and oxygen atoms in total. The smallest absolute Gasteiger partial charge is 0.0534 e. The van der Waals surface area contributed by atoms with Crippen molar-refractivity contribution in [2.24, 2.45) is 11.8 Å². The van der Waals surface area contributed by atoms with Gasteiger partial charge in [-0.25, -0.2) is 0 Å². The second-order valence-electron chi connectivity index (χ2n) is 5.81. The largest absolute Gasteiger partial charge is 0.316 e. The van der Waals surface area contributed by atoms with Crippen LogP contribution in [0, 0.1) is 11.8 Å². The Morgan fingerprint density at radius 3 is 3.17 bits per heavy atom. The van der Waals surface area contributed by atoms with Crippen molar-refractivity contribution in [3.05, 3.63) is 18.0 Å². The minimum Gasteiger partial charge on any atom is -0.316 e. The van der Waals surface area contributed by atoms with Crippen LogP contribution in [0.5, 0.6) is 0 Å². The number of likely N-dealkylation sites (tertiary alicyclic amines) is 1. The van der Waals surface area contributed by atoms with Gasteiger partial charge in [0.2, 0.25) is 0 Å².